The van der Waals surface area contributed by atoms with E-state index in [1.54, 1.807) is 27.8 Å². The molecular weight excluding hydrogens is 472 g/mol. The third-order valence-corrected chi connectivity index (χ3v) is 4.15. The fraction of sp³-hybridized carbons (Fsp3) is 0.423. The predicted molar refractivity (Wildman–Crippen MR) is 135 cm³/mol. The first-order chi connectivity index (χ1) is 16.8. The molecule has 200 valence electrons. The number of para-hydroxylation sites is 1. The van der Waals surface area contributed by atoms with Crippen LogP contribution in [0.1, 0.15) is 46.5 Å². The summed E-state index contributed by atoms with van der Waals surface area (Å²) in [4.78, 5) is 34.0. The number of benzene rings is 1. The van der Waals surface area contributed by atoms with E-state index in [0.717, 1.165) is 18.6 Å². The maximum atomic E-state index is 13.3. The van der Waals surface area contributed by atoms with Crippen molar-refractivity contribution in [3.05, 3.63) is 66.4 Å². The summed E-state index contributed by atoms with van der Waals surface area (Å²) >= 11 is 0. The van der Waals surface area contributed by atoms with Crippen molar-refractivity contribution >= 4 is 17.8 Å². The average Bonchev–Trinajstić information content (AvgIpc) is 2.78. The fourth-order valence-corrected chi connectivity index (χ4v) is 2.54. The summed E-state index contributed by atoms with van der Waals surface area (Å²) in [6.45, 7) is 12.3. The molecule has 2 amide bonds. The number of ketones is 1. The second-order valence-corrected chi connectivity index (χ2v) is 8.58. The Labute approximate surface area is 211 Å². The van der Waals surface area contributed by atoms with Gasteiger partial charge in [-0.2, -0.15) is 0 Å². The quantitative estimate of drug-likeness (QED) is 0.219. The normalized spacial score (nSPS) is 10.9. The van der Waals surface area contributed by atoms with Crippen LogP contribution in [0.25, 0.3) is 0 Å². The summed E-state index contributed by atoms with van der Waals surface area (Å²) in [6, 6.07) is 3.37. The Morgan fingerprint density at radius 2 is 1.72 bits per heavy atom. The highest BCUT2D eigenvalue weighted by atomic mass is 19.1. The summed E-state index contributed by atoms with van der Waals surface area (Å²) in [5, 5.41) is 5.08. The molecule has 0 radical (unpaired) electrons. The van der Waals surface area contributed by atoms with Gasteiger partial charge in [0.2, 0.25) is 0 Å². The molecule has 4 N–H and O–H groups in total. The highest BCUT2D eigenvalue weighted by Crippen LogP contribution is 2.20. The summed E-state index contributed by atoms with van der Waals surface area (Å²) in [7, 11) is 1.54. The van der Waals surface area contributed by atoms with Crippen LogP contribution in [-0.2, 0) is 14.3 Å². The minimum absolute atomic E-state index is 0.216. The number of rotatable bonds is 12. The minimum Gasteiger partial charge on any atom is -0.480 e. The van der Waals surface area contributed by atoms with Gasteiger partial charge in [-0.25, -0.2) is 13.6 Å². The number of hydrogen-bond acceptors (Lipinski definition) is 6. The Balaban J connectivity index is 0.000000935. The van der Waals surface area contributed by atoms with Gasteiger partial charge in [-0.3, -0.25) is 9.59 Å². The molecule has 1 aromatic rings. The number of nitrogens with two attached hydrogens (primary N) is 1. The van der Waals surface area contributed by atoms with Crippen LogP contribution in [-0.4, -0.2) is 43.6 Å². The molecule has 0 saturated carbocycles. The van der Waals surface area contributed by atoms with Gasteiger partial charge in [-0.05, 0) is 51.8 Å². The highest BCUT2D eigenvalue weighted by Gasteiger charge is 2.15. The van der Waals surface area contributed by atoms with Gasteiger partial charge in [-0.15, -0.1) is 0 Å². The van der Waals surface area contributed by atoms with Crippen molar-refractivity contribution in [3.8, 4) is 5.75 Å². The maximum Gasteiger partial charge on any atom is 0.407 e. The van der Waals surface area contributed by atoms with Gasteiger partial charge in [0.25, 0.3) is 5.91 Å². The van der Waals surface area contributed by atoms with E-state index in [1.807, 2.05) is 0 Å². The van der Waals surface area contributed by atoms with E-state index < -0.39 is 29.1 Å². The number of carbonyl (C=O) groups is 3. The van der Waals surface area contributed by atoms with Crippen LogP contribution in [0.2, 0.25) is 0 Å². The number of amides is 2. The fourth-order valence-electron chi connectivity index (χ4n) is 2.54. The minimum atomic E-state index is -0.832. The van der Waals surface area contributed by atoms with Gasteiger partial charge in [0.1, 0.15) is 12.2 Å². The maximum absolute atomic E-state index is 13.3. The lowest BCUT2D eigenvalue weighted by Gasteiger charge is -2.19. The van der Waals surface area contributed by atoms with Gasteiger partial charge in [-0.1, -0.05) is 31.7 Å². The second kappa shape index (κ2) is 16.9. The van der Waals surface area contributed by atoms with Gasteiger partial charge in [0.15, 0.2) is 23.2 Å². The van der Waals surface area contributed by atoms with Crippen molar-refractivity contribution < 1.29 is 32.6 Å². The number of alkyl carbamates (subject to hydrolysis) is 1. The topological polar surface area (TPSA) is 120 Å². The Morgan fingerprint density at radius 3 is 2.22 bits per heavy atom. The Kier molecular flexibility index (Phi) is 15.1. The SMILES string of the molecule is C=C/C(=C\C(=C)N)C(=O)NC.CC(C)(C)OC(=O)NCCCCCC(=O)COc1c(F)cccc1F. The Bertz CT molecular complexity index is 920. The summed E-state index contributed by atoms with van der Waals surface area (Å²) in [6.07, 6.45) is 4.72. The molecule has 0 saturated heterocycles. The van der Waals surface area contributed by atoms with Crippen LogP contribution in [0.3, 0.4) is 0 Å². The molecule has 0 aliphatic rings. The molecule has 0 aromatic heterocycles. The zero-order valence-corrected chi connectivity index (χ0v) is 21.4. The standard InChI is InChI=1S/C18H25F2NO4.C8H12N2O/c1-18(2,3)25-17(23)21-11-6-4-5-8-13(22)12-24-16-14(19)9-7-10-15(16)20;1-4-7(5-6(2)9)8(11)10-3/h7,9-10H,4-6,8,11-12H2,1-3H3,(H,21,23);4-5H,1-2,9H2,3H3,(H,10,11)/b;7-5+. The summed E-state index contributed by atoms with van der Waals surface area (Å²) in [5.74, 6) is -2.64. The van der Waals surface area contributed by atoms with Gasteiger partial charge >= 0.3 is 6.09 Å². The van der Waals surface area contributed by atoms with Gasteiger partial charge in [0.05, 0.1) is 0 Å². The van der Waals surface area contributed by atoms with Crippen molar-refractivity contribution in [3.63, 3.8) is 0 Å². The van der Waals surface area contributed by atoms with Crippen LogP contribution in [0.15, 0.2) is 54.8 Å². The van der Waals surface area contributed by atoms with Crippen molar-refractivity contribution in [1.82, 2.24) is 10.6 Å². The molecule has 8 nitrogen and oxygen atoms in total. The Morgan fingerprint density at radius 1 is 1.11 bits per heavy atom. The molecule has 0 aliphatic heterocycles. The first-order valence-corrected chi connectivity index (χ1v) is 11.4. The van der Waals surface area contributed by atoms with Crippen molar-refractivity contribution in [2.45, 2.75) is 52.1 Å². The van der Waals surface area contributed by atoms with Gasteiger partial charge < -0.3 is 25.8 Å². The van der Waals surface area contributed by atoms with E-state index in [4.69, 9.17) is 15.2 Å². The molecule has 0 aliphatic carbocycles. The third-order valence-electron chi connectivity index (χ3n) is 4.15. The monoisotopic (exact) mass is 509 g/mol. The zero-order chi connectivity index (χ0) is 27.7. The van der Waals surface area contributed by atoms with Crippen LogP contribution < -0.4 is 21.1 Å². The molecular formula is C26H37F2N3O5. The van der Waals surface area contributed by atoms with Crippen molar-refractivity contribution in [2.75, 3.05) is 20.2 Å². The zero-order valence-electron chi connectivity index (χ0n) is 21.4. The number of hydrogen-bond donors (Lipinski definition) is 3. The molecule has 0 spiro atoms. The first-order valence-electron chi connectivity index (χ1n) is 11.4. The lowest BCUT2D eigenvalue weighted by Crippen LogP contribution is -2.33. The van der Waals surface area contributed by atoms with E-state index >= 15 is 0 Å². The molecule has 1 rings (SSSR count). The van der Waals surface area contributed by atoms with Crippen LogP contribution in [0, 0.1) is 11.6 Å². The highest BCUT2D eigenvalue weighted by molar-refractivity contribution is 5.96. The summed E-state index contributed by atoms with van der Waals surface area (Å²) in [5.41, 5.74) is 5.48. The van der Waals surface area contributed by atoms with Gasteiger partial charge in [0, 0.05) is 31.3 Å². The number of halogens is 2. The van der Waals surface area contributed by atoms with E-state index in [0.29, 0.717) is 30.7 Å². The average molecular weight is 510 g/mol. The van der Waals surface area contributed by atoms with E-state index in [1.165, 1.54) is 18.2 Å². The third kappa shape index (κ3) is 15.3. The van der Waals surface area contributed by atoms with Crippen LogP contribution in [0.5, 0.6) is 5.75 Å². The largest absolute Gasteiger partial charge is 0.480 e. The number of carbonyl (C=O) groups excluding carboxylic acids is 3. The lowest BCUT2D eigenvalue weighted by molar-refractivity contribution is -0.121. The van der Waals surface area contributed by atoms with E-state index in [9.17, 15) is 23.2 Å². The molecule has 36 heavy (non-hydrogen) atoms. The summed E-state index contributed by atoms with van der Waals surface area (Å²) < 4.78 is 36.7. The molecule has 0 bridgehead atoms. The number of unbranched alkanes of at least 4 members (excludes halogenated alkanes) is 2. The van der Waals surface area contributed by atoms with Crippen LogP contribution in [0.4, 0.5) is 13.6 Å². The molecule has 1 aromatic carbocycles. The predicted octanol–water partition coefficient (Wildman–Crippen LogP) is 4.32. The van der Waals surface area contributed by atoms with Crippen molar-refractivity contribution in [2.24, 2.45) is 5.73 Å². The number of Topliss-reactive ketones (excluding diaryl/α,β-unsaturated/α-hetero) is 1. The molecule has 0 heterocycles. The number of likely N-dealkylation sites (N-methyl/N-ethyl adjacent to an activating group) is 1. The first kappa shape index (κ1) is 32.3. The van der Waals surface area contributed by atoms with Crippen molar-refractivity contribution in [1.29, 1.82) is 0 Å². The number of nitrogens with one attached hydrogen (secondary N) is 2. The second-order valence-electron chi connectivity index (χ2n) is 8.58. The smallest absolute Gasteiger partial charge is 0.407 e. The molecule has 0 fully saturated rings. The van der Waals surface area contributed by atoms with E-state index in [-0.39, 0.29) is 24.7 Å². The Hall–Kier alpha value is -3.69. The van der Waals surface area contributed by atoms with Crippen LogP contribution >= 0.6 is 0 Å². The number of allylic oxidation sites excluding steroid dienone is 1. The number of ether oxygens (including phenoxy) is 2. The van der Waals surface area contributed by atoms with E-state index in [2.05, 4.69) is 23.8 Å². The lowest BCUT2D eigenvalue weighted by atomic mass is 10.1. The molecule has 10 heteroatoms. The molecule has 0 unspecified atom stereocenters. The molecule has 0 atom stereocenters.